The summed E-state index contributed by atoms with van der Waals surface area (Å²) in [4.78, 5) is 4.30. The number of nitrogen functional groups attached to an aromatic ring is 1. The fourth-order valence-corrected chi connectivity index (χ4v) is 1.90. The largest absolute Gasteiger partial charge is 0.398 e. The van der Waals surface area contributed by atoms with E-state index >= 15 is 0 Å². The van der Waals surface area contributed by atoms with Crippen LogP contribution in [0.15, 0.2) is 47.0 Å². The average molecular weight is 269 g/mol. The van der Waals surface area contributed by atoms with Gasteiger partial charge in [-0.25, -0.2) is 4.39 Å². The molecule has 100 valence electrons. The summed E-state index contributed by atoms with van der Waals surface area (Å²) < 4.78 is 18.1. The normalized spacial score (nSPS) is 10.7. The molecule has 2 aromatic carbocycles. The van der Waals surface area contributed by atoms with Crippen LogP contribution >= 0.6 is 0 Å². The first-order valence-corrected chi connectivity index (χ1v) is 6.09. The number of nitrogens with zero attached hydrogens (tertiary/aromatic N) is 2. The van der Waals surface area contributed by atoms with Crippen molar-refractivity contribution in [2.24, 2.45) is 0 Å². The summed E-state index contributed by atoms with van der Waals surface area (Å²) in [5.41, 5.74) is 8.92. The van der Waals surface area contributed by atoms with Gasteiger partial charge in [-0.1, -0.05) is 16.8 Å². The Labute approximate surface area is 115 Å². The maximum Gasteiger partial charge on any atom is 0.260 e. The van der Waals surface area contributed by atoms with Crippen LogP contribution in [0.25, 0.3) is 22.8 Å². The third kappa shape index (κ3) is 2.25. The van der Waals surface area contributed by atoms with Gasteiger partial charge >= 0.3 is 0 Å². The minimum absolute atomic E-state index is 0.305. The van der Waals surface area contributed by atoms with E-state index in [-0.39, 0.29) is 5.82 Å². The Morgan fingerprint density at radius 1 is 1.10 bits per heavy atom. The van der Waals surface area contributed by atoms with Gasteiger partial charge in [0.2, 0.25) is 5.82 Å². The van der Waals surface area contributed by atoms with Crippen LogP contribution in [-0.2, 0) is 0 Å². The van der Waals surface area contributed by atoms with Gasteiger partial charge in [0.25, 0.3) is 5.89 Å². The summed E-state index contributed by atoms with van der Waals surface area (Å²) in [6.07, 6.45) is 0. The zero-order valence-electron chi connectivity index (χ0n) is 10.8. The summed E-state index contributed by atoms with van der Waals surface area (Å²) in [6, 6.07) is 11.5. The lowest BCUT2D eigenvalue weighted by Crippen LogP contribution is -1.91. The van der Waals surface area contributed by atoms with Crippen LogP contribution in [0.2, 0.25) is 0 Å². The Balaban J connectivity index is 2.01. The van der Waals surface area contributed by atoms with Gasteiger partial charge in [0, 0.05) is 11.3 Å². The van der Waals surface area contributed by atoms with Crippen LogP contribution in [-0.4, -0.2) is 10.1 Å². The average Bonchev–Trinajstić information content (AvgIpc) is 2.92. The molecule has 3 rings (SSSR count). The van der Waals surface area contributed by atoms with Crippen molar-refractivity contribution in [3.8, 4) is 22.8 Å². The van der Waals surface area contributed by atoms with E-state index in [1.165, 1.54) is 12.1 Å². The van der Waals surface area contributed by atoms with Gasteiger partial charge < -0.3 is 10.3 Å². The van der Waals surface area contributed by atoms with Gasteiger partial charge in [0.05, 0.1) is 5.56 Å². The highest BCUT2D eigenvalue weighted by Crippen LogP contribution is 2.27. The van der Waals surface area contributed by atoms with Crippen molar-refractivity contribution in [2.45, 2.75) is 6.92 Å². The SMILES string of the molecule is Cc1ccc(N)c(-c2nc(-c3ccc(F)cc3)no2)c1. The minimum atomic E-state index is -0.305. The standard InChI is InChI=1S/C15H12FN3O/c1-9-2-7-13(17)12(8-9)15-18-14(19-20-15)10-3-5-11(16)6-4-10/h2-8H,17H2,1H3. The highest BCUT2D eigenvalue weighted by atomic mass is 19.1. The Hall–Kier alpha value is -2.69. The van der Waals surface area contributed by atoms with E-state index < -0.39 is 0 Å². The van der Waals surface area contributed by atoms with Crippen LogP contribution in [0.4, 0.5) is 10.1 Å². The van der Waals surface area contributed by atoms with Gasteiger partial charge in [-0.3, -0.25) is 0 Å². The van der Waals surface area contributed by atoms with Crippen molar-refractivity contribution < 1.29 is 8.91 Å². The number of anilines is 1. The fourth-order valence-electron chi connectivity index (χ4n) is 1.90. The lowest BCUT2D eigenvalue weighted by molar-refractivity contribution is 0.432. The molecule has 1 heterocycles. The monoisotopic (exact) mass is 269 g/mol. The summed E-state index contributed by atoms with van der Waals surface area (Å²) in [5, 5.41) is 3.90. The van der Waals surface area contributed by atoms with E-state index in [9.17, 15) is 4.39 Å². The van der Waals surface area contributed by atoms with Gasteiger partial charge in [0.1, 0.15) is 5.82 Å². The number of hydrogen-bond donors (Lipinski definition) is 1. The molecular weight excluding hydrogens is 257 g/mol. The lowest BCUT2D eigenvalue weighted by atomic mass is 10.1. The Kier molecular flexibility index (Phi) is 2.95. The Morgan fingerprint density at radius 3 is 2.60 bits per heavy atom. The second kappa shape index (κ2) is 4.77. The molecule has 0 aliphatic heterocycles. The highest BCUT2D eigenvalue weighted by Gasteiger charge is 2.13. The molecule has 0 spiro atoms. The molecule has 4 nitrogen and oxygen atoms in total. The predicted octanol–water partition coefficient (Wildman–Crippen LogP) is 3.43. The minimum Gasteiger partial charge on any atom is -0.398 e. The third-order valence-electron chi connectivity index (χ3n) is 2.97. The van der Waals surface area contributed by atoms with E-state index in [1.807, 2.05) is 19.1 Å². The van der Waals surface area contributed by atoms with Crippen LogP contribution in [0.1, 0.15) is 5.56 Å². The zero-order valence-corrected chi connectivity index (χ0v) is 10.8. The van der Waals surface area contributed by atoms with Crippen LogP contribution < -0.4 is 5.73 Å². The highest BCUT2D eigenvalue weighted by molar-refractivity contribution is 5.72. The molecule has 0 fully saturated rings. The van der Waals surface area contributed by atoms with Gasteiger partial charge in [-0.15, -0.1) is 0 Å². The van der Waals surface area contributed by atoms with Gasteiger partial charge in [-0.2, -0.15) is 4.98 Å². The quantitative estimate of drug-likeness (QED) is 0.724. The number of hydrogen-bond acceptors (Lipinski definition) is 4. The van der Waals surface area contributed by atoms with E-state index in [0.29, 0.717) is 28.5 Å². The number of benzene rings is 2. The number of nitrogens with two attached hydrogens (primary N) is 1. The molecule has 0 aliphatic carbocycles. The topological polar surface area (TPSA) is 64.9 Å². The van der Waals surface area contributed by atoms with Crippen molar-refractivity contribution in [1.29, 1.82) is 0 Å². The molecular formula is C15H12FN3O. The lowest BCUT2D eigenvalue weighted by Gasteiger charge is -2.01. The summed E-state index contributed by atoms with van der Waals surface area (Å²) in [5.74, 6) is 0.451. The first kappa shape index (κ1) is 12.3. The van der Waals surface area contributed by atoms with Crippen molar-refractivity contribution in [1.82, 2.24) is 10.1 Å². The molecule has 0 unspecified atom stereocenters. The molecule has 0 atom stereocenters. The molecule has 0 aliphatic rings. The van der Waals surface area contributed by atoms with E-state index in [4.69, 9.17) is 10.3 Å². The summed E-state index contributed by atoms with van der Waals surface area (Å²) >= 11 is 0. The van der Waals surface area contributed by atoms with Crippen molar-refractivity contribution >= 4 is 5.69 Å². The van der Waals surface area contributed by atoms with Crippen LogP contribution in [0.5, 0.6) is 0 Å². The molecule has 20 heavy (non-hydrogen) atoms. The van der Waals surface area contributed by atoms with Crippen molar-refractivity contribution in [3.05, 3.63) is 53.8 Å². The molecule has 0 bridgehead atoms. The fraction of sp³-hybridized carbons (Fsp3) is 0.0667. The predicted molar refractivity (Wildman–Crippen MR) is 74.3 cm³/mol. The molecule has 3 aromatic rings. The van der Waals surface area contributed by atoms with Gasteiger partial charge in [-0.05, 0) is 43.3 Å². The van der Waals surface area contributed by atoms with E-state index in [0.717, 1.165) is 5.56 Å². The summed E-state index contributed by atoms with van der Waals surface area (Å²) in [7, 11) is 0. The Bertz CT molecular complexity index is 750. The molecule has 1 aromatic heterocycles. The van der Waals surface area contributed by atoms with Crippen molar-refractivity contribution in [2.75, 3.05) is 5.73 Å². The van der Waals surface area contributed by atoms with Crippen LogP contribution in [0, 0.1) is 12.7 Å². The second-order valence-electron chi connectivity index (χ2n) is 4.52. The first-order chi connectivity index (χ1) is 9.63. The first-order valence-electron chi connectivity index (χ1n) is 6.09. The molecule has 0 radical (unpaired) electrons. The maximum absolute atomic E-state index is 12.9. The number of aromatic nitrogens is 2. The Morgan fingerprint density at radius 2 is 1.85 bits per heavy atom. The summed E-state index contributed by atoms with van der Waals surface area (Å²) in [6.45, 7) is 1.96. The van der Waals surface area contributed by atoms with E-state index in [2.05, 4.69) is 10.1 Å². The number of aryl methyl sites for hydroxylation is 1. The third-order valence-corrected chi connectivity index (χ3v) is 2.97. The number of halogens is 1. The zero-order chi connectivity index (χ0) is 14.1. The maximum atomic E-state index is 12.9. The van der Waals surface area contributed by atoms with Crippen molar-refractivity contribution in [3.63, 3.8) is 0 Å². The molecule has 0 saturated heterocycles. The smallest absolute Gasteiger partial charge is 0.260 e. The van der Waals surface area contributed by atoms with E-state index in [1.54, 1.807) is 18.2 Å². The number of rotatable bonds is 2. The van der Waals surface area contributed by atoms with Crippen LogP contribution in [0.3, 0.4) is 0 Å². The van der Waals surface area contributed by atoms with Gasteiger partial charge in [0.15, 0.2) is 0 Å². The molecule has 0 saturated carbocycles. The molecule has 0 amide bonds. The molecule has 5 heteroatoms. The molecule has 2 N–H and O–H groups in total. The second-order valence-corrected chi connectivity index (χ2v) is 4.52.